The van der Waals surface area contributed by atoms with E-state index in [1.165, 1.54) is 0 Å². The molecule has 0 unspecified atom stereocenters. The third kappa shape index (κ3) is 3.11. The summed E-state index contributed by atoms with van der Waals surface area (Å²) >= 11 is 18.3. The van der Waals surface area contributed by atoms with E-state index in [9.17, 15) is 0 Å². The van der Waals surface area contributed by atoms with Gasteiger partial charge in [0.25, 0.3) is 0 Å². The van der Waals surface area contributed by atoms with Crippen LogP contribution < -0.4 is 0 Å². The average molecular weight is 216 g/mol. The standard InChI is InChI=1S/C6H5Cl3S/c7-6(8,9)4-5-2-1-3-10-5/h1-3H,4H2. The number of halogens is 3. The molecule has 0 fully saturated rings. The molecule has 0 aliphatic heterocycles. The van der Waals surface area contributed by atoms with Crippen LogP contribution in [0.15, 0.2) is 17.5 Å². The molecule has 56 valence electrons. The predicted molar refractivity (Wildman–Crippen MR) is 48.3 cm³/mol. The summed E-state index contributed by atoms with van der Waals surface area (Å²) in [6.45, 7) is 0. The van der Waals surface area contributed by atoms with E-state index in [-0.39, 0.29) is 0 Å². The maximum absolute atomic E-state index is 5.56. The topological polar surface area (TPSA) is 0 Å². The van der Waals surface area contributed by atoms with Gasteiger partial charge < -0.3 is 0 Å². The summed E-state index contributed by atoms with van der Waals surface area (Å²) in [6, 6.07) is 3.89. The van der Waals surface area contributed by atoms with Gasteiger partial charge in [0.2, 0.25) is 0 Å². The first-order chi connectivity index (χ1) is 4.58. The molecule has 1 aromatic rings. The molecule has 4 heteroatoms. The fourth-order valence-corrected chi connectivity index (χ4v) is 2.07. The average Bonchev–Trinajstić information content (AvgIpc) is 2.12. The van der Waals surface area contributed by atoms with Gasteiger partial charge in [-0.2, -0.15) is 0 Å². The van der Waals surface area contributed by atoms with Gasteiger partial charge in [-0.3, -0.25) is 0 Å². The lowest BCUT2D eigenvalue weighted by molar-refractivity contribution is 1.05. The molecule has 0 saturated heterocycles. The highest BCUT2D eigenvalue weighted by Crippen LogP contribution is 2.31. The normalized spacial score (nSPS) is 11.9. The molecule has 0 aliphatic rings. The van der Waals surface area contributed by atoms with E-state index in [4.69, 9.17) is 34.8 Å². The zero-order chi connectivity index (χ0) is 7.61. The number of hydrogen-bond acceptors (Lipinski definition) is 1. The van der Waals surface area contributed by atoms with E-state index < -0.39 is 3.79 Å². The Morgan fingerprint density at radius 1 is 1.40 bits per heavy atom. The molecule has 10 heavy (non-hydrogen) atoms. The smallest absolute Gasteiger partial charge is 0.149 e. The highest BCUT2D eigenvalue weighted by molar-refractivity contribution is 7.10. The van der Waals surface area contributed by atoms with Gasteiger partial charge in [0, 0.05) is 11.3 Å². The summed E-state index contributed by atoms with van der Waals surface area (Å²) in [5.74, 6) is 0. The van der Waals surface area contributed by atoms with Crippen LogP contribution in [0.5, 0.6) is 0 Å². The van der Waals surface area contributed by atoms with E-state index in [1.54, 1.807) is 11.3 Å². The van der Waals surface area contributed by atoms with Crippen molar-refractivity contribution in [2.24, 2.45) is 0 Å². The first-order valence-corrected chi connectivity index (χ1v) is 4.68. The quantitative estimate of drug-likeness (QED) is 0.627. The van der Waals surface area contributed by atoms with E-state index in [2.05, 4.69) is 0 Å². The van der Waals surface area contributed by atoms with Gasteiger partial charge in [0.1, 0.15) is 0 Å². The van der Waals surface area contributed by atoms with Crippen LogP contribution in [0.4, 0.5) is 0 Å². The lowest BCUT2D eigenvalue weighted by Gasteiger charge is -2.07. The summed E-state index contributed by atoms with van der Waals surface area (Å²) in [4.78, 5) is 1.10. The maximum Gasteiger partial charge on any atom is 0.195 e. The van der Waals surface area contributed by atoms with Crippen LogP contribution >= 0.6 is 46.1 Å². The maximum atomic E-state index is 5.56. The minimum absolute atomic E-state index is 0.495. The van der Waals surface area contributed by atoms with Crippen molar-refractivity contribution in [1.29, 1.82) is 0 Å². The Hall–Kier alpha value is 0.570. The first kappa shape index (κ1) is 8.66. The Labute approximate surface area is 78.7 Å². The monoisotopic (exact) mass is 214 g/mol. The molecule has 0 bridgehead atoms. The molecule has 0 saturated carbocycles. The van der Waals surface area contributed by atoms with Crippen LogP contribution in [0.2, 0.25) is 0 Å². The first-order valence-electron chi connectivity index (χ1n) is 2.67. The fraction of sp³-hybridized carbons (Fsp3) is 0.333. The third-order valence-corrected chi connectivity index (χ3v) is 2.23. The zero-order valence-electron chi connectivity index (χ0n) is 4.98. The van der Waals surface area contributed by atoms with Gasteiger partial charge in [-0.05, 0) is 11.4 Å². The Balaban J connectivity index is 2.57. The summed E-state index contributed by atoms with van der Waals surface area (Å²) < 4.78 is -1.15. The van der Waals surface area contributed by atoms with E-state index in [0.29, 0.717) is 6.42 Å². The molecule has 0 amide bonds. The van der Waals surface area contributed by atoms with Crippen molar-refractivity contribution >= 4 is 46.1 Å². The van der Waals surface area contributed by atoms with Crippen LogP contribution in [0.25, 0.3) is 0 Å². The molecule has 0 spiro atoms. The molecule has 0 aliphatic carbocycles. The van der Waals surface area contributed by atoms with Crippen molar-refractivity contribution in [2.75, 3.05) is 0 Å². The highest BCUT2D eigenvalue weighted by Gasteiger charge is 2.20. The summed E-state index contributed by atoms with van der Waals surface area (Å²) in [5.41, 5.74) is 0. The van der Waals surface area contributed by atoms with Crippen molar-refractivity contribution in [2.45, 2.75) is 10.2 Å². The summed E-state index contributed by atoms with van der Waals surface area (Å²) in [7, 11) is 0. The minimum Gasteiger partial charge on any atom is -0.149 e. The molecule has 1 heterocycles. The van der Waals surface area contributed by atoms with Crippen molar-refractivity contribution in [3.63, 3.8) is 0 Å². The number of hydrogen-bond donors (Lipinski definition) is 0. The molecule has 1 aromatic heterocycles. The number of rotatable bonds is 1. The largest absolute Gasteiger partial charge is 0.195 e. The summed E-state index contributed by atoms with van der Waals surface area (Å²) in [6.07, 6.45) is 0.495. The van der Waals surface area contributed by atoms with Gasteiger partial charge in [0.05, 0.1) is 0 Å². The van der Waals surface area contributed by atoms with Crippen LogP contribution in [0, 0.1) is 0 Å². The van der Waals surface area contributed by atoms with E-state index in [1.807, 2.05) is 17.5 Å². The fourth-order valence-electron chi connectivity index (χ4n) is 0.611. The van der Waals surface area contributed by atoms with Crippen molar-refractivity contribution in [3.05, 3.63) is 22.4 Å². The molecule has 1 rings (SSSR count). The molecule has 0 nitrogen and oxygen atoms in total. The van der Waals surface area contributed by atoms with Crippen LogP contribution in [-0.4, -0.2) is 3.79 Å². The van der Waals surface area contributed by atoms with Crippen LogP contribution in [-0.2, 0) is 6.42 Å². The van der Waals surface area contributed by atoms with E-state index >= 15 is 0 Å². The molecular weight excluding hydrogens is 210 g/mol. The molecular formula is C6H5Cl3S. The van der Waals surface area contributed by atoms with Crippen molar-refractivity contribution < 1.29 is 0 Å². The lowest BCUT2D eigenvalue weighted by atomic mass is 10.4. The second-order valence-electron chi connectivity index (χ2n) is 1.87. The molecule has 0 radical (unpaired) electrons. The van der Waals surface area contributed by atoms with Gasteiger partial charge >= 0.3 is 0 Å². The predicted octanol–water partition coefficient (Wildman–Crippen LogP) is 3.66. The van der Waals surface area contributed by atoms with Gasteiger partial charge in [-0.25, -0.2) is 0 Å². The zero-order valence-corrected chi connectivity index (χ0v) is 8.07. The second-order valence-corrected chi connectivity index (χ2v) is 5.42. The van der Waals surface area contributed by atoms with Gasteiger partial charge in [-0.1, -0.05) is 40.9 Å². The Bertz CT molecular complexity index is 187. The highest BCUT2D eigenvalue weighted by atomic mass is 35.6. The molecule has 0 N–H and O–H groups in total. The Morgan fingerprint density at radius 2 is 2.10 bits per heavy atom. The van der Waals surface area contributed by atoms with Crippen molar-refractivity contribution in [3.8, 4) is 0 Å². The molecule has 0 atom stereocenters. The van der Waals surface area contributed by atoms with Crippen LogP contribution in [0.3, 0.4) is 0 Å². The number of alkyl halides is 3. The minimum atomic E-state index is -1.15. The van der Waals surface area contributed by atoms with E-state index in [0.717, 1.165) is 4.88 Å². The van der Waals surface area contributed by atoms with Crippen LogP contribution in [0.1, 0.15) is 4.88 Å². The summed E-state index contributed by atoms with van der Waals surface area (Å²) in [5, 5.41) is 1.96. The molecule has 0 aromatic carbocycles. The Morgan fingerprint density at radius 3 is 2.50 bits per heavy atom. The lowest BCUT2D eigenvalue weighted by Crippen LogP contribution is -2.04. The van der Waals surface area contributed by atoms with Crippen molar-refractivity contribution in [1.82, 2.24) is 0 Å². The Kier molecular flexibility index (Phi) is 2.87. The van der Waals surface area contributed by atoms with Gasteiger partial charge in [-0.15, -0.1) is 11.3 Å². The van der Waals surface area contributed by atoms with Gasteiger partial charge in [0.15, 0.2) is 3.79 Å². The second kappa shape index (κ2) is 3.31. The number of thiophene rings is 1. The SMILES string of the molecule is ClC(Cl)(Cl)Cc1cccs1. The third-order valence-electron chi connectivity index (χ3n) is 0.955.